The smallest absolute Gasteiger partial charge is 0.324 e. The lowest BCUT2D eigenvalue weighted by Crippen LogP contribution is -2.44. The minimum absolute atomic E-state index is 0. The summed E-state index contributed by atoms with van der Waals surface area (Å²) in [6.45, 7) is 11.6. The summed E-state index contributed by atoms with van der Waals surface area (Å²) in [5.41, 5.74) is 0. The maximum atomic E-state index is 11.5. The molecule has 0 saturated carbocycles. The summed E-state index contributed by atoms with van der Waals surface area (Å²) in [4.78, 5) is 30.7. The largest absolute Gasteiger partial charge is 0.356 e. The fraction of sp³-hybridized carbons (Fsp3) is 0.812. The third-order valence-corrected chi connectivity index (χ3v) is 4.00. The molecule has 0 aromatic rings. The molecule has 146 valence electrons. The lowest BCUT2D eigenvalue weighted by atomic mass is 10.2. The molecule has 0 aromatic heterocycles. The number of aliphatic imine (C=N–C) groups is 1. The Bertz CT molecular complexity index is 432. The van der Waals surface area contributed by atoms with Crippen molar-refractivity contribution in [2.24, 2.45) is 4.99 Å². The maximum absolute atomic E-state index is 11.5. The van der Waals surface area contributed by atoms with Crippen molar-refractivity contribution in [1.82, 2.24) is 25.8 Å². The number of carbonyl (C=O) groups is 2. The Balaban J connectivity index is 0.00000576. The van der Waals surface area contributed by atoms with Gasteiger partial charge in [0.25, 0.3) is 0 Å². The third-order valence-electron chi connectivity index (χ3n) is 4.00. The van der Waals surface area contributed by atoms with E-state index in [9.17, 15) is 9.59 Å². The lowest BCUT2D eigenvalue weighted by molar-refractivity contribution is -0.124. The first-order chi connectivity index (χ1) is 11.4. The highest BCUT2D eigenvalue weighted by Gasteiger charge is 2.27. The minimum Gasteiger partial charge on any atom is -0.356 e. The molecule has 0 radical (unpaired) electrons. The Morgan fingerprint density at radius 3 is 2.28 bits per heavy atom. The lowest BCUT2D eigenvalue weighted by Gasteiger charge is -2.30. The first kappa shape index (κ1) is 23.9. The van der Waals surface area contributed by atoms with Crippen molar-refractivity contribution < 1.29 is 9.59 Å². The number of hydrogen-bond acceptors (Lipinski definition) is 4. The van der Waals surface area contributed by atoms with Crippen molar-refractivity contribution in [2.75, 3.05) is 39.8 Å². The van der Waals surface area contributed by atoms with Gasteiger partial charge in [0.1, 0.15) is 0 Å². The molecular weight excluding hydrogens is 435 g/mol. The second-order valence-corrected chi connectivity index (χ2v) is 6.41. The van der Waals surface area contributed by atoms with Gasteiger partial charge in [-0.25, -0.2) is 4.79 Å². The Hall–Kier alpha value is -1.10. The van der Waals surface area contributed by atoms with Gasteiger partial charge in [-0.2, -0.15) is 0 Å². The van der Waals surface area contributed by atoms with Crippen LogP contribution in [0.3, 0.4) is 0 Å². The van der Waals surface area contributed by atoms with E-state index in [4.69, 9.17) is 0 Å². The van der Waals surface area contributed by atoms with E-state index in [0.29, 0.717) is 31.1 Å². The number of nitrogens with zero attached hydrogens (tertiary/aromatic N) is 3. The standard InChI is InChI=1S/C16H32N6O2.HI/c1-12(2)21(13(3)4)9-6-7-18-15(17-5)19-8-10-22-14(23)11-20-16(22)24;/h12-13H,6-11H2,1-5H3,(H,20,24)(H2,17,18,19);1H. The van der Waals surface area contributed by atoms with Crippen LogP contribution >= 0.6 is 24.0 Å². The van der Waals surface area contributed by atoms with Crippen LogP contribution in [0.2, 0.25) is 0 Å². The van der Waals surface area contributed by atoms with Crippen LogP contribution in [0.4, 0.5) is 4.79 Å². The van der Waals surface area contributed by atoms with Crippen LogP contribution < -0.4 is 16.0 Å². The van der Waals surface area contributed by atoms with E-state index in [1.165, 1.54) is 4.90 Å². The summed E-state index contributed by atoms with van der Waals surface area (Å²) < 4.78 is 0. The maximum Gasteiger partial charge on any atom is 0.324 e. The van der Waals surface area contributed by atoms with E-state index in [1.54, 1.807) is 7.05 Å². The van der Waals surface area contributed by atoms with Crippen LogP contribution in [-0.2, 0) is 4.79 Å². The molecule has 0 unspecified atom stereocenters. The molecule has 0 atom stereocenters. The van der Waals surface area contributed by atoms with E-state index < -0.39 is 0 Å². The first-order valence-electron chi connectivity index (χ1n) is 8.65. The molecule has 1 rings (SSSR count). The van der Waals surface area contributed by atoms with Crippen molar-refractivity contribution in [3.8, 4) is 0 Å². The Morgan fingerprint density at radius 2 is 1.80 bits per heavy atom. The average Bonchev–Trinajstić information content (AvgIpc) is 2.83. The average molecular weight is 468 g/mol. The van der Waals surface area contributed by atoms with Crippen LogP contribution in [-0.4, -0.2) is 79.6 Å². The van der Waals surface area contributed by atoms with Gasteiger partial charge in [-0.3, -0.25) is 19.6 Å². The van der Waals surface area contributed by atoms with Gasteiger partial charge in [-0.1, -0.05) is 0 Å². The number of nitrogens with one attached hydrogen (secondary N) is 3. The second kappa shape index (κ2) is 12.3. The highest BCUT2D eigenvalue weighted by molar-refractivity contribution is 14.0. The number of carbonyl (C=O) groups excluding carboxylic acids is 2. The summed E-state index contributed by atoms with van der Waals surface area (Å²) in [6.07, 6.45) is 1.02. The van der Waals surface area contributed by atoms with Crippen LogP contribution in [0.5, 0.6) is 0 Å². The van der Waals surface area contributed by atoms with Crippen molar-refractivity contribution >= 4 is 41.9 Å². The van der Waals surface area contributed by atoms with Crippen LogP contribution in [0.25, 0.3) is 0 Å². The van der Waals surface area contributed by atoms with Gasteiger partial charge in [-0.05, 0) is 34.1 Å². The fourth-order valence-corrected chi connectivity index (χ4v) is 2.77. The molecule has 1 aliphatic heterocycles. The summed E-state index contributed by atoms with van der Waals surface area (Å²) in [7, 11) is 1.71. The molecule has 1 heterocycles. The minimum atomic E-state index is -0.327. The molecule has 9 heteroatoms. The molecule has 0 aromatic carbocycles. The topological polar surface area (TPSA) is 89.1 Å². The normalized spacial score (nSPS) is 15.0. The monoisotopic (exact) mass is 468 g/mol. The number of amides is 3. The summed E-state index contributed by atoms with van der Waals surface area (Å²) in [5.74, 6) is 0.495. The van der Waals surface area contributed by atoms with Gasteiger partial charge >= 0.3 is 6.03 Å². The SMILES string of the molecule is CN=C(NCCCN(C(C)C)C(C)C)NCCN1C(=O)CNC1=O.I. The predicted octanol–water partition coefficient (Wildman–Crippen LogP) is 0.830. The van der Waals surface area contributed by atoms with Gasteiger partial charge < -0.3 is 16.0 Å². The molecule has 3 N–H and O–H groups in total. The van der Waals surface area contributed by atoms with Crippen LogP contribution in [0.15, 0.2) is 4.99 Å². The van der Waals surface area contributed by atoms with Gasteiger partial charge in [0.15, 0.2) is 5.96 Å². The number of guanidine groups is 1. The van der Waals surface area contributed by atoms with Crippen LogP contribution in [0, 0.1) is 0 Å². The molecule has 0 aliphatic carbocycles. The molecule has 1 aliphatic rings. The van der Waals surface area contributed by atoms with E-state index in [2.05, 4.69) is 53.5 Å². The summed E-state index contributed by atoms with van der Waals surface area (Å²) in [6, 6.07) is 0.741. The quantitative estimate of drug-likeness (QED) is 0.153. The zero-order valence-electron chi connectivity index (χ0n) is 16.0. The van der Waals surface area contributed by atoms with Gasteiger partial charge in [0.05, 0.1) is 6.54 Å². The number of imide groups is 1. The molecule has 1 fully saturated rings. The summed E-state index contributed by atoms with van der Waals surface area (Å²) >= 11 is 0. The molecular formula is C16H33IN6O2. The Labute approximate surface area is 168 Å². The zero-order valence-corrected chi connectivity index (χ0v) is 18.3. The zero-order chi connectivity index (χ0) is 18.1. The third kappa shape index (κ3) is 8.21. The summed E-state index contributed by atoms with van der Waals surface area (Å²) in [5, 5.41) is 8.88. The fourth-order valence-electron chi connectivity index (χ4n) is 2.77. The molecule has 3 amide bonds. The highest BCUT2D eigenvalue weighted by atomic mass is 127. The van der Waals surface area contributed by atoms with Gasteiger partial charge in [0.2, 0.25) is 5.91 Å². The molecule has 8 nitrogen and oxygen atoms in total. The first-order valence-corrected chi connectivity index (χ1v) is 8.65. The highest BCUT2D eigenvalue weighted by Crippen LogP contribution is 2.05. The van der Waals surface area contributed by atoms with Crippen molar-refractivity contribution in [3.63, 3.8) is 0 Å². The Morgan fingerprint density at radius 1 is 1.20 bits per heavy atom. The van der Waals surface area contributed by atoms with Gasteiger partial charge in [-0.15, -0.1) is 24.0 Å². The predicted molar refractivity (Wildman–Crippen MR) is 111 cm³/mol. The van der Waals surface area contributed by atoms with Crippen molar-refractivity contribution in [3.05, 3.63) is 0 Å². The molecule has 0 bridgehead atoms. The van der Waals surface area contributed by atoms with Gasteiger partial charge in [0, 0.05) is 45.3 Å². The number of halogens is 1. The van der Waals surface area contributed by atoms with Crippen LogP contribution in [0.1, 0.15) is 34.1 Å². The molecule has 0 spiro atoms. The second-order valence-electron chi connectivity index (χ2n) is 6.41. The number of rotatable bonds is 9. The Kier molecular flexibility index (Phi) is 11.7. The van der Waals surface area contributed by atoms with E-state index in [0.717, 1.165) is 19.5 Å². The van der Waals surface area contributed by atoms with E-state index in [-0.39, 0.29) is 42.5 Å². The number of hydrogen-bond donors (Lipinski definition) is 3. The number of urea groups is 1. The molecule has 1 saturated heterocycles. The molecule has 25 heavy (non-hydrogen) atoms. The van der Waals surface area contributed by atoms with E-state index >= 15 is 0 Å². The van der Waals surface area contributed by atoms with Crippen molar-refractivity contribution in [1.29, 1.82) is 0 Å². The van der Waals surface area contributed by atoms with E-state index in [1.807, 2.05) is 0 Å². The van der Waals surface area contributed by atoms with Crippen molar-refractivity contribution in [2.45, 2.75) is 46.2 Å².